The van der Waals surface area contributed by atoms with Crippen molar-refractivity contribution in [3.05, 3.63) is 52.4 Å². The van der Waals surface area contributed by atoms with E-state index in [1.54, 1.807) is 19.6 Å². The van der Waals surface area contributed by atoms with Crippen LogP contribution in [-0.2, 0) is 13.1 Å². The highest BCUT2D eigenvalue weighted by atomic mass is 79.9. The van der Waals surface area contributed by atoms with E-state index >= 15 is 0 Å². The Labute approximate surface area is 115 Å². The Hall–Kier alpha value is -1.26. The molecule has 0 spiro atoms. The average molecular weight is 310 g/mol. The normalized spacial score (nSPS) is 10.9. The summed E-state index contributed by atoms with van der Waals surface area (Å²) in [6, 6.07) is 8.03. The summed E-state index contributed by atoms with van der Waals surface area (Å²) in [5, 5.41) is 0. The molecule has 0 saturated heterocycles. The first kappa shape index (κ1) is 13.2. The van der Waals surface area contributed by atoms with Crippen LogP contribution in [0.5, 0.6) is 5.75 Å². The first-order valence-electron chi connectivity index (χ1n) is 5.71. The van der Waals surface area contributed by atoms with Gasteiger partial charge in [0.05, 0.1) is 19.6 Å². The predicted octanol–water partition coefficient (Wildman–Crippen LogP) is 3.68. The molecule has 0 fully saturated rings. The molecule has 0 aliphatic rings. The summed E-state index contributed by atoms with van der Waals surface area (Å²) in [6.45, 7) is 1.68. The molecule has 96 valence electrons. The third kappa shape index (κ3) is 3.37. The Bertz CT molecular complexity index is 497. The van der Waals surface area contributed by atoms with Crippen molar-refractivity contribution < 1.29 is 9.15 Å². The fourth-order valence-electron chi connectivity index (χ4n) is 1.91. The highest BCUT2D eigenvalue weighted by molar-refractivity contribution is 9.10. The zero-order valence-electron chi connectivity index (χ0n) is 10.5. The molecule has 0 unspecified atom stereocenters. The van der Waals surface area contributed by atoms with Gasteiger partial charge in [-0.25, -0.2) is 0 Å². The van der Waals surface area contributed by atoms with Gasteiger partial charge in [0.1, 0.15) is 5.75 Å². The van der Waals surface area contributed by atoms with Crippen molar-refractivity contribution in [1.82, 2.24) is 4.90 Å². The monoisotopic (exact) mass is 309 g/mol. The molecular weight excluding hydrogens is 294 g/mol. The lowest BCUT2D eigenvalue weighted by Crippen LogP contribution is -2.17. The van der Waals surface area contributed by atoms with Crippen molar-refractivity contribution in [2.45, 2.75) is 13.1 Å². The van der Waals surface area contributed by atoms with E-state index in [1.807, 2.05) is 18.2 Å². The Morgan fingerprint density at radius 2 is 2.11 bits per heavy atom. The fourth-order valence-corrected chi connectivity index (χ4v) is 2.32. The van der Waals surface area contributed by atoms with E-state index in [-0.39, 0.29) is 0 Å². The van der Waals surface area contributed by atoms with Crippen molar-refractivity contribution in [3.8, 4) is 5.75 Å². The molecule has 0 aliphatic heterocycles. The third-order valence-electron chi connectivity index (χ3n) is 2.72. The molecule has 2 rings (SSSR count). The number of ether oxygens (including phenoxy) is 1. The number of rotatable bonds is 5. The van der Waals surface area contributed by atoms with Gasteiger partial charge in [0.25, 0.3) is 0 Å². The maximum Gasteiger partial charge on any atom is 0.123 e. The van der Waals surface area contributed by atoms with Gasteiger partial charge in [-0.15, -0.1) is 0 Å². The van der Waals surface area contributed by atoms with Crippen LogP contribution in [0.25, 0.3) is 0 Å². The van der Waals surface area contributed by atoms with Crippen molar-refractivity contribution >= 4 is 15.9 Å². The lowest BCUT2D eigenvalue weighted by atomic mass is 10.2. The maximum atomic E-state index is 5.37. The standard InChI is InChI=1S/C14H16BrNO2/c1-16(8-11-5-6-18-10-11)9-12-7-13(15)3-4-14(12)17-2/h3-7,10H,8-9H2,1-2H3. The number of halogens is 1. The van der Waals surface area contributed by atoms with E-state index < -0.39 is 0 Å². The summed E-state index contributed by atoms with van der Waals surface area (Å²) in [4.78, 5) is 2.22. The number of hydrogen-bond acceptors (Lipinski definition) is 3. The Kier molecular flexibility index (Phi) is 4.44. The van der Waals surface area contributed by atoms with Gasteiger partial charge in [-0.3, -0.25) is 4.90 Å². The molecule has 0 bridgehead atoms. The highest BCUT2D eigenvalue weighted by Gasteiger charge is 2.08. The SMILES string of the molecule is COc1ccc(Br)cc1CN(C)Cc1ccoc1. The molecule has 1 heterocycles. The largest absolute Gasteiger partial charge is 0.496 e. The van der Waals surface area contributed by atoms with Crippen LogP contribution < -0.4 is 4.74 Å². The minimum Gasteiger partial charge on any atom is -0.496 e. The maximum absolute atomic E-state index is 5.37. The van der Waals surface area contributed by atoms with Gasteiger partial charge in [0.15, 0.2) is 0 Å². The minimum absolute atomic E-state index is 0.827. The van der Waals surface area contributed by atoms with Gasteiger partial charge in [-0.2, -0.15) is 0 Å². The zero-order valence-corrected chi connectivity index (χ0v) is 12.1. The van der Waals surface area contributed by atoms with Crippen LogP contribution in [0.1, 0.15) is 11.1 Å². The van der Waals surface area contributed by atoms with E-state index in [9.17, 15) is 0 Å². The Balaban J connectivity index is 2.06. The summed E-state index contributed by atoms with van der Waals surface area (Å²) in [6.07, 6.45) is 3.47. The van der Waals surface area contributed by atoms with E-state index in [2.05, 4.69) is 33.9 Å². The summed E-state index contributed by atoms with van der Waals surface area (Å²) < 4.78 is 11.5. The molecule has 0 aliphatic carbocycles. The molecule has 4 heteroatoms. The van der Waals surface area contributed by atoms with Crippen LogP contribution in [0.15, 0.2) is 45.7 Å². The number of nitrogens with zero attached hydrogens (tertiary/aromatic N) is 1. The number of furan rings is 1. The second kappa shape index (κ2) is 6.07. The van der Waals surface area contributed by atoms with Crippen LogP contribution in [-0.4, -0.2) is 19.1 Å². The Morgan fingerprint density at radius 3 is 2.78 bits per heavy atom. The van der Waals surface area contributed by atoms with Crippen LogP contribution in [0.2, 0.25) is 0 Å². The van der Waals surface area contributed by atoms with E-state index in [4.69, 9.17) is 9.15 Å². The molecule has 18 heavy (non-hydrogen) atoms. The fraction of sp³-hybridized carbons (Fsp3) is 0.286. The topological polar surface area (TPSA) is 25.6 Å². The average Bonchev–Trinajstić information content (AvgIpc) is 2.82. The summed E-state index contributed by atoms with van der Waals surface area (Å²) in [5.41, 5.74) is 2.34. The van der Waals surface area contributed by atoms with E-state index in [0.29, 0.717) is 0 Å². The van der Waals surface area contributed by atoms with Gasteiger partial charge >= 0.3 is 0 Å². The summed E-state index contributed by atoms with van der Waals surface area (Å²) >= 11 is 3.49. The second-order valence-electron chi connectivity index (χ2n) is 4.26. The van der Waals surface area contributed by atoms with E-state index in [0.717, 1.165) is 28.9 Å². The summed E-state index contributed by atoms with van der Waals surface area (Å²) in [7, 11) is 3.77. The zero-order chi connectivity index (χ0) is 13.0. The van der Waals surface area contributed by atoms with Crippen molar-refractivity contribution in [1.29, 1.82) is 0 Å². The second-order valence-corrected chi connectivity index (χ2v) is 5.18. The quantitative estimate of drug-likeness (QED) is 0.842. The molecule has 3 nitrogen and oxygen atoms in total. The smallest absolute Gasteiger partial charge is 0.123 e. The van der Waals surface area contributed by atoms with Gasteiger partial charge in [-0.05, 0) is 31.3 Å². The van der Waals surface area contributed by atoms with Crippen molar-refractivity contribution in [3.63, 3.8) is 0 Å². The molecule has 0 atom stereocenters. The minimum atomic E-state index is 0.827. The predicted molar refractivity (Wildman–Crippen MR) is 74.6 cm³/mol. The van der Waals surface area contributed by atoms with E-state index in [1.165, 1.54) is 5.56 Å². The molecule has 0 saturated carbocycles. The van der Waals surface area contributed by atoms with Gasteiger partial charge in [-0.1, -0.05) is 15.9 Å². The van der Waals surface area contributed by atoms with Gasteiger partial charge < -0.3 is 9.15 Å². The van der Waals surface area contributed by atoms with Gasteiger partial charge in [0.2, 0.25) is 0 Å². The number of methoxy groups -OCH3 is 1. The first-order valence-corrected chi connectivity index (χ1v) is 6.50. The molecule has 2 aromatic rings. The first-order chi connectivity index (χ1) is 8.69. The molecule has 1 aromatic heterocycles. The molecular formula is C14H16BrNO2. The van der Waals surface area contributed by atoms with Crippen molar-refractivity contribution in [2.75, 3.05) is 14.2 Å². The number of hydrogen-bond donors (Lipinski definition) is 0. The van der Waals surface area contributed by atoms with Crippen molar-refractivity contribution in [2.24, 2.45) is 0 Å². The molecule has 1 aromatic carbocycles. The van der Waals surface area contributed by atoms with Crippen LogP contribution in [0, 0.1) is 0 Å². The van der Waals surface area contributed by atoms with Crippen LogP contribution in [0.4, 0.5) is 0 Å². The van der Waals surface area contributed by atoms with Gasteiger partial charge in [0, 0.05) is 28.7 Å². The molecule has 0 amide bonds. The number of benzene rings is 1. The molecule has 0 radical (unpaired) electrons. The lowest BCUT2D eigenvalue weighted by Gasteiger charge is -2.17. The van der Waals surface area contributed by atoms with Crippen LogP contribution >= 0.6 is 15.9 Å². The third-order valence-corrected chi connectivity index (χ3v) is 3.21. The Morgan fingerprint density at radius 1 is 1.28 bits per heavy atom. The molecule has 0 N–H and O–H groups in total. The lowest BCUT2D eigenvalue weighted by molar-refractivity contribution is 0.309. The van der Waals surface area contributed by atoms with Crippen LogP contribution in [0.3, 0.4) is 0 Å². The highest BCUT2D eigenvalue weighted by Crippen LogP contribution is 2.24. The summed E-state index contributed by atoms with van der Waals surface area (Å²) in [5.74, 6) is 0.914.